The first kappa shape index (κ1) is 15.8. The Morgan fingerprint density at radius 2 is 1.90 bits per heavy atom. The minimum absolute atomic E-state index is 0.0737. The van der Waals surface area contributed by atoms with Crippen LogP contribution in [0.5, 0.6) is 5.75 Å². The SMILES string of the molecule is O=C(CCOc1ccccc1)NCCCN1CCCCC1. The smallest absolute Gasteiger partial charge is 0.223 e. The molecule has 0 atom stereocenters. The van der Waals surface area contributed by atoms with E-state index in [9.17, 15) is 4.79 Å². The molecular formula is C17H26N2O2. The second-order valence-electron chi connectivity index (χ2n) is 5.52. The topological polar surface area (TPSA) is 41.6 Å². The molecule has 1 aliphatic rings. The zero-order valence-electron chi connectivity index (χ0n) is 12.7. The van der Waals surface area contributed by atoms with Crippen molar-refractivity contribution in [2.24, 2.45) is 0 Å². The molecule has 2 rings (SSSR count). The first-order valence-electron chi connectivity index (χ1n) is 8.01. The number of carbonyl (C=O) groups is 1. The number of amides is 1. The van der Waals surface area contributed by atoms with Crippen molar-refractivity contribution in [3.8, 4) is 5.75 Å². The van der Waals surface area contributed by atoms with E-state index in [2.05, 4.69) is 10.2 Å². The largest absolute Gasteiger partial charge is 0.493 e. The summed E-state index contributed by atoms with van der Waals surface area (Å²) in [5.41, 5.74) is 0. The van der Waals surface area contributed by atoms with E-state index in [1.807, 2.05) is 30.3 Å². The Labute approximate surface area is 127 Å². The van der Waals surface area contributed by atoms with Crippen molar-refractivity contribution in [3.05, 3.63) is 30.3 Å². The summed E-state index contributed by atoms with van der Waals surface area (Å²) in [7, 11) is 0. The van der Waals surface area contributed by atoms with Gasteiger partial charge in [0.15, 0.2) is 0 Å². The van der Waals surface area contributed by atoms with E-state index in [4.69, 9.17) is 4.74 Å². The summed E-state index contributed by atoms with van der Waals surface area (Å²) in [4.78, 5) is 14.2. The van der Waals surface area contributed by atoms with Crippen LogP contribution in [0.3, 0.4) is 0 Å². The molecule has 4 heteroatoms. The van der Waals surface area contributed by atoms with Crippen molar-refractivity contribution in [3.63, 3.8) is 0 Å². The molecule has 0 bridgehead atoms. The van der Waals surface area contributed by atoms with Crippen LogP contribution in [0.25, 0.3) is 0 Å². The average molecular weight is 290 g/mol. The minimum atomic E-state index is 0.0737. The van der Waals surface area contributed by atoms with Crippen molar-refractivity contribution in [1.29, 1.82) is 0 Å². The van der Waals surface area contributed by atoms with Gasteiger partial charge in [0.1, 0.15) is 5.75 Å². The van der Waals surface area contributed by atoms with Crippen molar-refractivity contribution in [1.82, 2.24) is 10.2 Å². The van der Waals surface area contributed by atoms with Crippen molar-refractivity contribution < 1.29 is 9.53 Å². The number of hydrogen-bond donors (Lipinski definition) is 1. The van der Waals surface area contributed by atoms with Crippen molar-refractivity contribution in [2.45, 2.75) is 32.1 Å². The van der Waals surface area contributed by atoms with Gasteiger partial charge in [0.2, 0.25) is 5.91 Å². The minimum Gasteiger partial charge on any atom is -0.493 e. The van der Waals surface area contributed by atoms with Gasteiger partial charge in [-0.05, 0) is 51.0 Å². The van der Waals surface area contributed by atoms with Gasteiger partial charge >= 0.3 is 0 Å². The molecule has 0 spiro atoms. The summed E-state index contributed by atoms with van der Waals surface area (Å²) >= 11 is 0. The third kappa shape index (κ3) is 6.63. The Hall–Kier alpha value is -1.55. The Balaban J connectivity index is 1.47. The molecular weight excluding hydrogens is 264 g/mol. The van der Waals surface area contributed by atoms with Crippen molar-refractivity contribution >= 4 is 5.91 Å². The van der Waals surface area contributed by atoms with E-state index >= 15 is 0 Å². The number of benzene rings is 1. The van der Waals surface area contributed by atoms with Gasteiger partial charge in [0.05, 0.1) is 13.0 Å². The number of likely N-dealkylation sites (tertiary alicyclic amines) is 1. The Kier molecular flexibility index (Phi) is 7.08. The lowest BCUT2D eigenvalue weighted by atomic mass is 10.1. The molecule has 1 N–H and O–H groups in total. The number of rotatable bonds is 8. The number of nitrogens with zero attached hydrogens (tertiary/aromatic N) is 1. The van der Waals surface area contributed by atoms with Crippen LogP contribution in [0.1, 0.15) is 32.1 Å². The number of carbonyl (C=O) groups excluding carboxylic acids is 1. The van der Waals surface area contributed by atoms with Crippen LogP contribution in [-0.4, -0.2) is 43.6 Å². The third-order valence-corrected chi connectivity index (χ3v) is 3.76. The average Bonchev–Trinajstić information content (AvgIpc) is 2.54. The summed E-state index contributed by atoms with van der Waals surface area (Å²) in [6.07, 6.45) is 5.46. The van der Waals surface area contributed by atoms with Crippen LogP contribution < -0.4 is 10.1 Å². The predicted molar refractivity (Wildman–Crippen MR) is 84.5 cm³/mol. The van der Waals surface area contributed by atoms with Crippen molar-refractivity contribution in [2.75, 3.05) is 32.8 Å². The van der Waals surface area contributed by atoms with Gasteiger partial charge < -0.3 is 15.0 Å². The van der Waals surface area contributed by atoms with Crippen LogP contribution in [0.2, 0.25) is 0 Å². The number of ether oxygens (including phenoxy) is 1. The fourth-order valence-electron chi connectivity index (χ4n) is 2.58. The zero-order valence-corrected chi connectivity index (χ0v) is 12.7. The van der Waals surface area contributed by atoms with E-state index in [1.165, 1.54) is 32.4 Å². The summed E-state index contributed by atoms with van der Waals surface area (Å²) in [5.74, 6) is 0.889. The first-order chi connectivity index (χ1) is 10.3. The highest BCUT2D eigenvalue weighted by Crippen LogP contribution is 2.09. The number of piperidine rings is 1. The second kappa shape index (κ2) is 9.40. The Morgan fingerprint density at radius 1 is 1.14 bits per heavy atom. The maximum absolute atomic E-state index is 11.7. The highest BCUT2D eigenvalue weighted by molar-refractivity contribution is 5.75. The monoisotopic (exact) mass is 290 g/mol. The van der Waals surface area contributed by atoms with E-state index in [1.54, 1.807) is 0 Å². The summed E-state index contributed by atoms with van der Waals surface area (Å²) in [6, 6.07) is 9.60. The van der Waals surface area contributed by atoms with Gasteiger partial charge in [0, 0.05) is 6.54 Å². The van der Waals surface area contributed by atoms with E-state index < -0.39 is 0 Å². The molecule has 0 radical (unpaired) electrons. The molecule has 4 nitrogen and oxygen atoms in total. The quantitative estimate of drug-likeness (QED) is 0.748. The zero-order chi connectivity index (χ0) is 14.8. The lowest BCUT2D eigenvalue weighted by Gasteiger charge is -2.26. The lowest BCUT2D eigenvalue weighted by Crippen LogP contribution is -2.33. The summed E-state index contributed by atoms with van der Waals surface area (Å²) in [6.45, 7) is 4.74. The van der Waals surface area contributed by atoms with Crippen LogP contribution in [0.4, 0.5) is 0 Å². The van der Waals surface area contributed by atoms with Gasteiger partial charge in [-0.15, -0.1) is 0 Å². The summed E-state index contributed by atoms with van der Waals surface area (Å²) < 4.78 is 5.51. The van der Waals surface area contributed by atoms with Gasteiger partial charge in [-0.1, -0.05) is 24.6 Å². The highest BCUT2D eigenvalue weighted by Gasteiger charge is 2.09. The fourth-order valence-corrected chi connectivity index (χ4v) is 2.58. The number of nitrogens with one attached hydrogen (secondary N) is 1. The van der Waals surface area contributed by atoms with E-state index in [0.717, 1.165) is 25.3 Å². The Bertz CT molecular complexity index is 403. The predicted octanol–water partition coefficient (Wildman–Crippen LogP) is 2.45. The van der Waals surface area contributed by atoms with Gasteiger partial charge in [-0.25, -0.2) is 0 Å². The lowest BCUT2D eigenvalue weighted by molar-refractivity contribution is -0.121. The molecule has 1 aromatic rings. The van der Waals surface area contributed by atoms with E-state index in [0.29, 0.717) is 13.0 Å². The molecule has 0 aromatic heterocycles. The molecule has 1 aliphatic heterocycles. The van der Waals surface area contributed by atoms with Gasteiger partial charge in [-0.2, -0.15) is 0 Å². The normalized spacial score (nSPS) is 15.6. The molecule has 1 heterocycles. The van der Waals surface area contributed by atoms with Gasteiger partial charge in [-0.3, -0.25) is 4.79 Å². The molecule has 1 saturated heterocycles. The van der Waals surface area contributed by atoms with Crippen LogP contribution in [0, 0.1) is 0 Å². The molecule has 0 saturated carbocycles. The number of para-hydroxylation sites is 1. The fraction of sp³-hybridized carbons (Fsp3) is 0.588. The second-order valence-corrected chi connectivity index (χ2v) is 5.52. The van der Waals surface area contributed by atoms with Gasteiger partial charge in [0.25, 0.3) is 0 Å². The maximum Gasteiger partial charge on any atom is 0.223 e. The third-order valence-electron chi connectivity index (χ3n) is 3.76. The highest BCUT2D eigenvalue weighted by atomic mass is 16.5. The summed E-state index contributed by atoms with van der Waals surface area (Å²) in [5, 5.41) is 2.96. The van der Waals surface area contributed by atoms with Crippen LogP contribution in [0.15, 0.2) is 30.3 Å². The number of hydrogen-bond acceptors (Lipinski definition) is 3. The first-order valence-corrected chi connectivity index (χ1v) is 8.01. The molecule has 0 unspecified atom stereocenters. The van der Waals surface area contributed by atoms with E-state index in [-0.39, 0.29) is 5.91 Å². The molecule has 21 heavy (non-hydrogen) atoms. The standard InChI is InChI=1S/C17H26N2O2/c20-17(10-15-21-16-8-3-1-4-9-16)18-11-7-14-19-12-5-2-6-13-19/h1,3-4,8-9H,2,5-7,10-15H2,(H,18,20). The molecule has 0 aliphatic carbocycles. The molecule has 1 amide bonds. The maximum atomic E-state index is 11.7. The molecule has 1 fully saturated rings. The molecule has 116 valence electrons. The van der Waals surface area contributed by atoms with Crippen LogP contribution >= 0.6 is 0 Å². The Morgan fingerprint density at radius 3 is 2.67 bits per heavy atom. The molecule has 1 aromatic carbocycles. The van der Waals surface area contributed by atoms with Crippen LogP contribution in [-0.2, 0) is 4.79 Å².